The Morgan fingerprint density at radius 3 is 2.24 bits per heavy atom. The molecule has 2 nitrogen and oxygen atoms in total. The van der Waals surface area contributed by atoms with Gasteiger partial charge in [-0.25, -0.2) is 0 Å². The first-order valence-corrected chi connectivity index (χ1v) is 6.37. The average molecular weight is 295 g/mol. The fraction of sp³-hybridized carbons (Fsp3) is 0.417. The van der Waals surface area contributed by atoms with E-state index in [1.165, 1.54) is 6.07 Å². The Labute approximate surface area is 116 Å². The van der Waals surface area contributed by atoms with Gasteiger partial charge in [0.15, 0.2) is 0 Å². The van der Waals surface area contributed by atoms with Crippen molar-refractivity contribution >= 4 is 46.4 Å². The summed E-state index contributed by atoms with van der Waals surface area (Å²) in [4.78, 5) is 12.0. The molecule has 0 heterocycles. The highest BCUT2D eigenvalue weighted by atomic mass is 35.5. The van der Waals surface area contributed by atoms with E-state index in [1.54, 1.807) is 6.07 Å². The monoisotopic (exact) mass is 293 g/mol. The number of hydrogen-bond acceptors (Lipinski definition) is 1. The van der Waals surface area contributed by atoms with Gasteiger partial charge in [-0.1, -0.05) is 55.6 Å². The molecule has 0 atom stereocenters. The van der Waals surface area contributed by atoms with Crippen molar-refractivity contribution in [3.05, 3.63) is 27.2 Å². The lowest BCUT2D eigenvalue weighted by molar-refractivity contribution is -0.124. The maximum atomic E-state index is 12.0. The van der Waals surface area contributed by atoms with Crippen LogP contribution in [0.4, 0.5) is 5.69 Å². The zero-order valence-electron chi connectivity index (χ0n) is 9.90. The van der Waals surface area contributed by atoms with Crippen LogP contribution in [0.3, 0.4) is 0 Å². The lowest BCUT2D eigenvalue weighted by Crippen LogP contribution is -2.30. The molecule has 1 N–H and O–H groups in total. The molecule has 1 rings (SSSR count). The Balaban J connectivity index is 2.97. The number of anilines is 1. The topological polar surface area (TPSA) is 29.1 Å². The van der Waals surface area contributed by atoms with Crippen molar-refractivity contribution in [1.29, 1.82) is 0 Å². The summed E-state index contributed by atoms with van der Waals surface area (Å²) in [6.07, 6.45) is 0.734. The number of rotatable bonds is 3. The highest BCUT2D eigenvalue weighted by molar-refractivity contribution is 6.44. The molecule has 94 valence electrons. The van der Waals surface area contributed by atoms with Crippen LogP contribution in [-0.2, 0) is 4.79 Å². The average Bonchev–Trinajstić information content (AvgIpc) is 2.25. The van der Waals surface area contributed by atoms with Crippen LogP contribution in [0.2, 0.25) is 15.1 Å². The summed E-state index contributed by atoms with van der Waals surface area (Å²) >= 11 is 17.7. The molecular weight excluding hydrogens is 280 g/mol. The highest BCUT2D eigenvalue weighted by Gasteiger charge is 2.25. The van der Waals surface area contributed by atoms with Gasteiger partial charge in [-0.05, 0) is 18.6 Å². The first-order chi connectivity index (χ1) is 7.77. The van der Waals surface area contributed by atoms with E-state index in [2.05, 4.69) is 5.32 Å². The fourth-order valence-corrected chi connectivity index (χ4v) is 1.66. The Hall–Kier alpha value is -0.440. The molecule has 0 aliphatic heterocycles. The summed E-state index contributed by atoms with van der Waals surface area (Å²) in [5.74, 6) is -0.0970. The Morgan fingerprint density at radius 2 is 1.71 bits per heavy atom. The molecule has 0 saturated heterocycles. The molecule has 0 fully saturated rings. The number of benzene rings is 1. The summed E-state index contributed by atoms with van der Waals surface area (Å²) in [5.41, 5.74) is 0.0303. The number of carbonyl (C=O) groups is 1. The van der Waals surface area contributed by atoms with Gasteiger partial charge >= 0.3 is 0 Å². The van der Waals surface area contributed by atoms with E-state index in [0.29, 0.717) is 20.8 Å². The summed E-state index contributed by atoms with van der Waals surface area (Å²) in [7, 11) is 0. The number of carbonyl (C=O) groups excluding carboxylic acids is 1. The van der Waals surface area contributed by atoms with Crippen LogP contribution in [0.5, 0.6) is 0 Å². The van der Waals surface area contributed by atoms with Crippen molar-refractivity contribution in [2.75, 3.05) is 5.32 Å². The zero-order valence-corrected chi connectivity index (χ0v) is 12.2. The molecule has 0 unspecified atom stereocenters. The normalized spacial score (nSPS) is 11.4. The molecule has 1 aromatic carbocycles. The van der Waals surface area contributed by atoms with Gasteiger partial charge in [0.2, 0.25) is 5.91 Å². The molecule has 0 saturated carbocycles. The second-order valence-corrected chi connectivity index (χ2v) is 5.66. The van der Waals surface area contributed by atoms with Crippen LogP contribution in [0, 0.1) is 5.41 Å². The predicted molar refractivity (Wildman–Crippen MR) is 74.2 cm³/mol. The van der Waals surface area contributed by atoms with Crippen LogP contribution in [-0.4, -0.2) is 5.91 Å². The van der Waals surface area contributed by atoms with Crippen LogP contribution in [0.25, 0.3) is 0 Å². The van der Waals surface area contributed by atoms with Gasteiger partial charge in [0, 0.05) is 5.41 Å². The summed E-state index contributed by atoms with van der Waals surface area (Å²) in [6, 6.07) is 3.07. The van der Waals surface area contributed by atoms with E-state index in [4.69, 9.17) is 34.8 Å². The first-order valence-electron chi connectivity index (χ1n) is 5.24. The van der Waals surface area contributed by atoms with Crippen molar-refractivity contribution in [1.82, 2.24) is 0 Å². The van der Waals surface area contributed by atoms with E-state index < -0.39 is 5.41 Å². The number of amides is 1. The minimum Gasteiger partial charge on any atom is -0.324 e. The lowest BCUT2D eigenvalue weighted by Gasteiger charge is -2.22. The van der Waals surface area contributed by atoms with Gasteiger partial charge in [0.1, 0.15) is 0 Å². The smallest absolute Gasteiger partial charge is 0.230 e. The summed E-state index contributed by atoms with van der Waals surface area (Å²) in [5, 5.41) is 3.86. The van der Waals surface area contributed by atoms with E-state index in [9.17, 15) is 4.79 Å². The van der Waals surface area contributed by atoms with E-state index >= 15 is 0 Å². The molecule has 0 aliphatic rings. The Morgan fingerprint density at radius 1 is 1.18 bits per heavy atom. The minimum atomic E-state index is -0.449. The van der Waals surface area contributed by atoms with Gasteiger partial charge in [0.05, 0.1) is 20.8 Å². The molecule has 5 heteroatoms. The molecule has 0 aliphatic carbocycles. The third kappa shape index (κ3) is 3.51. The SMILES string of the molecule is CCC(C)(C)C(=O)Nc1cc(Cl)c(Cl)cc1Cl. The minimum absolute atomic E-state index is 0.0970. The third-order valence-electron chi connectivity index (χ3n) is 2.76. The standard InChI is InChI=1S/C12H14Cl3NO/c1-4-12(2,3)11(17)16-10-6-8(14)7(13)5-9(10)15/h5-6H,4H2,1-3H3,(H,16,17). The van der Waals surface area contributed by atoms with E-state index in [0.717, 1.165) is 6.42 Å². The van der Waals surface area contributed by atoms with Crippen LogP contribution < -0.4 is 5.32 Å². The molecule has 0 radical (unpaired) electrons. The maximum Gasteiger partial charge on any atom is 0.230 e. The Bertz CT molecular complexity index is 444. The molecule has 0 spiro atoms. The summed E-state index contributed by atoms with van der Waals surface area (Å²) < 4.78 is 0. The Kier molecular flexibility index (Phi) is 4.70. The van der Waals surface area contributed by atoms with Crippen molar-refractivity contribution in [3.63, 3.8) is 0 Å². The fourth-order valence-electron chi connectivity index (χ4n) is 1.07. The highest BCUT2D eigenvalue weighted by Crippen LogP contribution is 2.33. The summed E-state index contributed by atoms with van der Waals surface area (Å²) in [6.45, 7) is 5.69. The molecule has 1 aromatic rings. The van der Waals surface area contributed by atoms with Crippen LogP contribution in [0.15, 0.2) is 12.1 Å². The van der Waals surface area contributed by atoms with Crippen LogP contribution >= 0.6 is 34.8 Å². The molecular formula is C12H14Cl3NO. The quantitative estimate of drug-likeness (QED) is 0.779. The zero-order chi connectivity index (χ0) is 13.2. The van der Waals surface area contributed by atoms with Gasteiger partial charge in [-0.2, -0.15) is 0 Å². The van der Waals surface area contributed by atoms with Crippen molar-refractivity contribution in [2.45, 2.75) is 27.2 Å². The van der Waals surface area contributed by atoms with E-state index in [-0.39, 0.29) is 5.91 Å². The second kappa shape index (κ2) is 5.47. The molecule has 0 bridgehead atoms. The third-order valence-corrected chi connectivity index (χ3v) is 3.79. The van der Waals surface area contributed by atoms with Crippen LogP contribution in [0.1, 0.15) is 27.2 Å². The van der Waals surface area contributed by atoms with Gasteiger partial charge in [-0.3, -0.25) is 4.79 Å². The van der Waals surface area contributed by atoms with Crippen molar-refractivity contribution in [3.8, 4) is 0 Å². The lowest BCUT2D eigenvalue weighted by atomic mass is 9.89. The number of halogens is 3. The second-order valence-electron chi connectivity index (χ2n) is 4.44. The van der Waals surface area contributed by atoms with Gasteiger partial charge in [-0.15, -0.1) is 0 Å². The molecule has 1 amide bonds. The van der Waals surface area contributed by atoms with Gasteiger partial charge in [0.25, 0.3) is 0 Å². The number of nitrogens with one attached hydrogen (secondary N) is 1. The molecule has 17 heavy (non-hydrogen) atoms. The van der Waals surface area contributed by atoms with Crippen molar-refractivity contribution in [2.24, 2.45) is 5.41 Å². The first kappa shape index (κ1) is 14.6. The van der Waals surface area contributed by atoms with E-state index in [1.807, 2.05) is 20.8 Å². The van der Waals surface area contributed by atoms with Crippen molar-refractivity contribution < 1.29 is 4.79 Å². The number of hydrogen-bond donors (Lipinski definition) is 1. The maximum absolute atomic E-state index is 12.0. The largest absolute Gasteiger partial charge is 0.324 e. The molecule has 0 aromatic heterocycles. The predicted octanol–water partition coefficient (Wildman–Crippen LogP) is 5.02. The van der Waals surface area contributed by atoms with Gasteiger partial charge < -0.3 is 5.32 Å².